The largest absolute Gasteiger partial charge is 0.307 e. The summed E-state index contributed by atoms with van der Waals surface area (Å²) in [7, 11) is 2.00. The van der Waals surface area contributed by atoms with Gasteiger partial charge in [-0.1, -0.05) is 43.3 Å². The number of nitrogens with zero attached hydrogens (tertiary/aromatic N) is 1. The molecule has 1 atom stereocenters. The molecule has 2 aromatic carbocycles. The van der Waals surface area contributed by atoms with Crippen molar-refractivity contribution < 1.29 is 0 Å². The highest BCUT2D eigenvalue weighted by molar-refractivity contribution is 7.11. The summed E-state index contributed by atoms with van der Waals surface area (Å²) in [6, 6.07) is 15.3. The molecule has 0 fully saturated rings. The summed E-state index contributed by atoms with van der Waals surface area (Å²) >= 11 is 1.80. The summed E-state index contributed by atoms with van der Waals surface area (Å²) in [5.74, 6) is 0. The Morgan fingerprint density at radius 2 is 1.90 bits per heavy atom. The van der Waals surface area contributed by atoms with E-state index in [-0.39, 0.29) is 6.04 Å². The topological polar surface area (TPSA) is 24.9 Å². The van der Waals surface area contributed by atoms with Crippen molar-refractivity contribution in [3.63, 3.8) is 0 Å². The SMILES string of the molecule is CCc1nc(C(NC)c2ccc3ccccc3c2)sc1C. The molecule has 0 saturated carbocycles. The molecule has 0 bridgehead atoms. The van der Waals surface area contributed by atoms with Crippen LogP contribution >= 0.6 is 11.3 Å². The third-order valence-electron chi connectivity index (χ3n) is 3.89. The summed E-state index contributed by atoms with van der Waals surface area (Å²) in [4.78, 5) is 6.14. The molecule has 1 unspecified atom stereocenters. The molecule has 1 N–H and O–H groups in total. The highest BCUT2D eigenvalue weighted by atomic mass is 32.1. The Morgan fingerprint density at radius 1 is 1.14 bits per heavy atom. The zero-order valence-electron chi connectivity index (χ0n) is 12.7. The first-order chi connectivity index (χ1) is 10.2. The molecule has 0 aliphatic carbocycles. The average molecular weight is 296 g/mol. The lowest BCUT2D eigenvalue weighted by atomic mass is 10.0. The molecule has 108 valence electrons. The first kappa shape index (κ1) is 14.2. The number of rotatable bonds is 4. The van der Waals surface area contributed by atoms with Crippen LogP contribution in [0.4, 0.5) is 0 Å². The minimum atomic E-state index is 0.165. The van der Waals surface area contributed by atoms with Gasteiger partial charge in [0, 0.05) is 4.88 Å². The first-order valence-electron chi connectivity index (χ1n) is 7.35. The van der Waals surface area contributed by atoms with E-state index in [1.54, 1.807) is 11.3 Å². The van der Waals surface area contributed by atoms with Crippen LogP contribution in [0.15, 0.2) is 42.5 Å². The Hall–Kier alpha value is -1.71. The highest BCUT2D eigenvalue weighted by Crippen LogP contribution is 2.29. The number of fused-ring (bicyclic) bond motifs is 1. The van der Waals surface area contributed by atoms with Crippen molar-refractivity contribution in [1.82, 2.24) is 10.3 Å². The van der Waals surface area contributed by atoms with Gasteiger partial charge in [-0.05, 0) is 42.8 Å². The zero-order valence-corrected chi connectivity index (χ0v) is 13.5. The number of nitrogens with one attached hydrogen (secondary N) is 1. The van der Waals surface area contributed by atoms with Crippen molar-refractivity contribution >= 4 is 22.1 Å². The molecular formula is C18H20N2S. The molecule has 0 aliphatic rings. The van der Waals surface area contributed by atoms with Crippen LogP contribution in [-0.2, 0) is 6.42 Å². The Morgan fingerprint density at radius 3 is 2.57 bits per heavy atom. The molecule has 0 spiro atoms. The van der Waals surface area contributed by atoms with Crippen molar-refractivity contribution in [1.29, 1.82) is 0 Å². The molecule has 0 aliphatic heterocycles. The fraction of sp³-hybridized carbons (Fsp3) is 0.278. The van der Waals surface area contributed by atoms with Crippen LogP contribution in [0, 0.1) is 6.92 Å². The van der Waals surface area contributed by atoms with Crippen LogP contribution in [0.5, 0.6) is 0 Å². The second-order valence-corrected chi connectivity index (χ2v) is 6.47. The van der Waals surface area contributed by atoms with E-state index in [1.807, 2.05) is 7.05 Å². The smallest absolute Gasteiger partial charge is 0.115 e. The van der Waals surface area contributed by atoms with E-state index in [9.17, 15) is 0 Å². The lowest BCUT2D eigenvalue weighted by Gasteiger charge is -2.14. The molecule has 3 rings (SSSR count). The number of hydrogen-bond donors (Lipinski definition) is 1. The van der Waals surface area contributed by atoms with Crippen molar-refractivity contribution in [2.45, 2.75) is 26.3 Å². The molecule has 1 aromatic heterocycles. The van der Waals surface area contributed by atoms with Crippen LogP contribution < -0.4 is 5.32 Å². The molecule has 21 heavy (non-hydrogen) atoms. The standard InChI is InChI=1S/C18H20N2S/c1-4-16-12(2)21-18(20-16)17(19-3)15-10-9-13-7-5-6-8-14(13)11-15/h5-11,17,19H,4H2,1-3H3. The number of aromatic nitrogens is 1. The van der Waals surface area contributed by atoms with Crippen LogP contribution in [0.2, 0.25) is 0 Å². The van der Waals surface area contributed by atoms with Crippen molar-refractivity contribution in [3.8, 4) is 0 Å². The second kappa shape index (κ2) is 5.96. The summed E-state index contributed by atoms with van der Waals surface area (Å²) in [6.07, 6.45) is 0.997. The molecular weight excluding hydrogens is 276 g/mol. The van der Waals surface area contributed by atoms with Crippen molar-refractivity contribution in [3.05, 3.63) is 63.6 Å². The average Bonchev–Trinajstić information content (AvgIpc) is 2.88. The highest BCUT2D eigenvalue weighted by Gasteiger charge is 2.17. The molecule has 2 nitrogen and oxygen atoms in total. The van der Waals surface area contributed by atoms with E-state index in [1.165, 1.54) is 26.9 Å². The van der Waals surface area contributed by atoms with Crippen molar-refractivity contribution in [2.24, 2.45) is 0 Å². The van der Waals surface area contributed by atoms with Crippen LogP contribution in [0.25, 0.3) is 10.8 Å². The zero-order chi connectivity index (χ0) is 14.8. The summed E-state index contributed by atoms with van der Waals surface area (Å²) < 4.78 is 0. The molecule has 3 heteroatoms. The second-order valence-electron chi connectivity index (χ2n) is 5.24. The summed E-state index contributed by atoms with van der Waals surface area (Å²) in [5.41, 5.74) is 2.49. The minimum absolute atomic E-state index is 0.165. The van der Waals surface area contributed by atoms with E-state index in [2.05, 4.69) is 61.6 Å². The van der Waals surface area contributed by atoms with Crippen LogP contribution in [-0.4, -0.2) is 12.0 Å². The quantitative estimate of drug-likeness (QED) is 0.768. The maximum atomic E-state index is 4.81. The van der Waals surface area contributed by atoms with Crippen LogP contribution in [0.3, 0.4) is 0 Å². The molecule has 0 radical (unpaired) electrons. The van der Waals surface area contributed by atoms with Gasteiger partial charge in [0.15, 0.2) is 0 Å². The van der Waals surface area contributed by atoms with E-state index >= 15 is 0 Å². The monoisotopic (exact) mass is 296 g/mol. The maximum absolute atomic E-state index is 4.81. The Balaban J connectivity index is 2.04. The maximum Gasteiger partial charge on any atom is 0.115 e. The van der Waals surface area contributed by atoms with Crippen LogP contribution in [0.1, 0.15) is 34.1 Å². The van der Waals surface area contributed by atoms with Gasteiger partial charge in [-0.15, -0.1) is 11.3 Å². The summed E-state index contributed by atoms with van der Waals surface area (Å²) in [5, 5.41) is 7.12. The lowest BCUT2D eigenvalue weighted by molar-refractivity contribution is 0.684. The van der Waals surface area contributed by atoms with Crippen molar-refractivity contribution in [2.75, 3.05) is 7.05 Å². The fourth-order valence-electron chi connectivity index (χ4n) is 2.72. The van der Waals surface area contributed by atoms with Gasteiger partial charge in [0.25, 0.3) is 0 Å². The van der Waals surface area contributed by atoms with Gasteiger partial charge in [0.1, 0.15) is 5.01 Å². The number of benzene rings is 2. The molecule has 1 heterocycles. The van der Waals surface area contributed by atoms with Gasteiger partial charge in [-0.2, -0.15) is 0 Å². The van der Waals surface area contributed by atoms with E-state index < -0.39 is 0 Å². The first-order valence-corrected chi connectivity index (χ1v) is 8.16. The Bertz CT molecular complexity index is 761. The predicted molar refractivity (Wildman–Crippen MR) is 91.1 cm³/mol. The number of hydrogen-bond acceptors (Lipinski definition) is 3. The molecule has 0 saturated heterocycles. The van der Waals surface area contributed by atoms with E-state index in [4.69, 9.17) is 4.98 Å². The predicted octanol–water partition coefficient (Wildman–Crippen LogP) is 4.48. The van der Waals surface area contributed by atoms with E-state index in [0.29, 0.717) is 0 Å². The summed E-state index contributed by atoms with van der Waals surface area (Å²) in [6.45, 7) is 4.32. The van der Waals surface area contributed by atoms with Gasteiger partial charge in [0.05, 0.1) is 11.7 Å². The normalized spacial score (nSPS) is 12.7. The number of thiazole rings is 1. The van der Waals surface area contributed by atoms with Gasteiger partial charge in [-0.25, -0.2) is 4.98 Å². The third kappa shape index (κ3) is 2.71. The van der Waals surface area contributed by atoms with Gasteiger partial charge < -0.3 is 5.32 Å². The molecule has 3 aromatic rings. The fourth-order valence-corrected chi connectivity index (χ4v) is 3.87. The minimum Gasteiger partial charge on any atom is -0.307 e. The Kier molecular flexibility index (Phi) is 4.04. The van der Waals surface area contributed by atoms with Gasteiger partial charge in [-0.3, -0.25) is 0 Å². The molecule has 0 amide bonds. The Labute approximate surface area is 129 Å². The van der Waals surface area contributed by atoms with Gasteiger partial charge in [0.2, 0.25) is 0 Å². The van der Waals surface area contributed by atoms with E-state index in [0.717, 1.165) is 11.4 Å². The lowest BCUT2D eigenvalue weighted by Crippen LogP contribution is -2.17. The number of aryl methyl sites for hydroxylation is 2. The van der Waals surface area contributed by atoms with Gasteiger partial charge >= 0.3 is 0 Å². The third-order valence-corrected chi connectivity index (χ3v) is 4.96.